The quantitative estimate of drug-likeness (QED) is 0.200. The fourth-order valence-electron chi connectivity index (χ4n) is 4.29. The van der Waals surface area contributed by atoms with Crippen LogP contribution in [-0.4, -0.2) is 94.1 Å². The monoisotopic (exact) mass is 545 g/mol. The number of ether oxygens (including phenoxy) is 1. The van der Waals surface area contributed by atoms with Gasteiger partial charge in [-0.3, -0.25) is 0 Å². The van der Waals surface area contributed by atoms with E-state index in [0.717, 1.165) is 6.07 Å². The van der Waals surface area contributed by atoms with Gasteiger partial charge in [0.05, 0.1) is 11.7 Å². The normalized spacial score (nSPS) is 19.1. The summed E-state index contributed by atoms with van der Waals surface area (Å²) in [6.07, 6.45) is -0.419. The van der Waals surface area contributed by atoms with Gasteiger partial charge in [0.1, 0.15) is 16.4 Å². The SMILES string of the molecule is NC[C@@H](O)CNS(=O)(=O)c1ccc(N2CCC3(CC2)CNC(=O)OC3)c(-c2nn[nH]n2)c1S(N)(=O)=O. The van der Waals surface area contributed by atoms with E-state index in [1.807, 2.05) is 4.90 Å². The number of aromatic amines is 1. The predicted molar refractivity (Wildman–Crippen MR) is 124 cm³/mol. The minimum absolute atomic E-state index is 0.127. The molecule has 0 aliphatic carbocycles. The van der Waals surface area contributed by atoms with Crippen LogP contribution in [0.1, 0.15) is 12.8 Å². The summed E-state index contributed by atoms with van der Waals surface area (Å²) in [6.45, 7) is 0.974. The van der Waals surface area contributed by atoms with Crippen LogP contribution >= 0.6 is 0 Å². The van der Waals surface area contributed by atoms with E-state index in [9.17, 15) is 26.7 Å². The molecule has 36 heavy (non-hydrogen) atoms. The molecule has 1 spiro atoms. The van der Waals surface area contributed by atoms with Crippen LogP contribution in [0.4, 0.5) is 10.5 Å². The molecule has 1 aromatic heterocycles. The Morgan fingerprint density at radius 2 is 1.97 bits per heavy atom. The van der Waals surface area contributed by atoms with Gasteiger partial charge in [0.15, 0.2) is 0 Å². The number of nitrogens with one attached hydrogen (secondary N) is 3. The minimum Gasteiger partial charge on any atom is -0.449 e. The van der Waals surface area contributed by atoms with Crippen molar-refractivity contribution < 1.29 is 31.5 Å². The molecule has 1 aromatic carbocycles. The molecule has 2 saturated heterocycles. The van der Waals surface area contributed by atoms with Gasteiger partial charge in [-0.25, -0.2) is 31.5 Å². The van der Waals surface area contributed by atoms with Gasteiger partial charge in [-0.1, -0.05) is 0 Å². The fraction of sp³-hybridized carbons (Fsp3) is 0.556. The van der Waals surface area contributed by atoms with Crippen molar-refractivity contribution in [3.05, 3.63) is 12.1 Å². The highest BCUT2D eigenvalue weighted by atomic mass is 32.2. The lowest BCUT2D eigenvalue weighted by Gasteiger charge is -2.44. The molecule has 0 unspecified atom stereocenters. The number of primary sulfonamides is 1. The van der Waals surface area contributed by atoms with Crippen molar-refractivity contribution in [2.45, 2.75) is 28.7 Å². The van der Waals surface area contributed by atoms with E-state index in [4.69, 9.17) is 15.6 Å². The first-order chi connectivity index (χ1) is 17.0. The third kappa shape index (κ3) is 5.27. The van der Waals surface area contributed by atoms with Gasteiger partial charge in [-0.05, 0) is 30.2 Å². The smallest absolute Gasteiger partial charge is 0.407 e. The Labute approximate surface area is 206 Å². The lowest BCUT2D eigenvalue weighted by Crippen LogP contribution is -2.53. The number of piperidine rings is 1. The molecular formula is C18H27N9O7S2. The Bertz CT molecular complexity index is 1310. The van der Waals surface area contributed by atoms with Gasteiger partial charge in [0.2, 0.25) is 25.9 Å². The summed E-state index contributed by atoms with van der Waals surface area (Å²) < 4.78 is 59.0. The number of tetrazole rings is 1. The summed E-state index contributed by atoms with van der Waals surface area (Å²) in [6, 6.07) is 2.58. The summed E-state index contributed by atoms with van der Waals surface area (Å²) in [7, 11) is -9.09. The first-order valence-corrected chi connectivity index (χ1v) is 14.0. The number of amides is 1. The summed E-state index contributed by atoms with van der Waals surface area (Å²) in [5, 5.41) is 31.4. The van der Waals surface area contributed by atoms with Crippen LogP contribution in [0.5, 0.6) is 0 Å². The fourth-order valence-corrected chi connectivity index (χ4v) is 6.95. The molecule has 198 valence electrons. The molecule has 0 saturated carbocycles. The van der Waals surface area contributed by atoms with E-state index in [1.54, 1.807) is 0 Å². The number of nitrogens with zero attached hydrogens (tertiary/aromatic N) is 4. The molecule has 2 aliphatic rings. The van der Waals surface area contributed by atoms with Crippen molar-refractivity contribution in [3.8, 4) is 11.4 Å². The number of sulfonamides is 2. The number of anilines is 1. The van der Waals surface area contributed by atoms with E-state index >= 15 is 0 Å². The van der Waals surface area contributed by atoms with Crippen molar-refractivity contribution in [2.75, 3.05) is 44.2 Å². The number of cyclic esters (lactones) is 1. The maximum atomic E-state index is 13.0. The first kappa shape index (κ1) is 26.2. The topological polar surface area (TPSA) is 249 Å². The molecule has 1 atom stereocenters. The zero-order chi connectivity index (χ0) is 26.1. The highest BCUT2D eigenvalue weighted by molar-refractivity contribution is 7.92. The maximum absolute atomic E-state index is 13.0. The zero-order valence-electron chi connectivity index (χ0n) is 19.0. The van der Waals surface area contributed by atoms with Crippen molar-refractivity contribution in [1.29, 1.82) is 0 Å². The molecule has 2 aliphatic heterocycles. The van der Waals surface area contributed by atoms with Crippen molar-refractivity contribution >= 4 is 31.8 Å². The van der Waals surface area contributed by atoms with Gasteiger partial charge < -0.3 is 25.8 Å². The standard InChI is InChI=1S/C18H27N9O7S2/c19-7-11(28)8-22-36(32,33)13-2-1-12(14(15(13)35(20,30)31)16-23-25-26-24-16)27-5-3-18(4-6-27)9-21-17(29)34-10-18/h1-2,11,22,28H,3-10,19H2,(H,21,29)(H2,20,30,31)(H,23,24,25,26)/t11-/m1/s1. The number of nitrogens with two attached hydrogens (primary N) is 2. The number of hydrogen-bond donors (Lipinski definition) is 6. The Balaban J connectivity index is 1.77. The van der Waals surface area contributed by atoms with Gasteiger partial charge in [-0.15, -0.1) is 10.2 Å². The molecule has 18 heteroatoms. The predicted octanol–water partition coefficient (Wildman–Crippen LogP) is -2.56. The summed E-state index contributed by atoms with van der Waals surface area (Å²) in [4.78, 5) is 11.9. The molecule has 0 radical (unpaired) electrons. The van der Waals surface area contributed by atoms with Gasteiger partial charge >= 0.3 is 6.09 Å². The summed E-state index contributed by atoms with van der Waals surface area (Å²) in [5.41, 5.74) is 5.28. The number of carbonyl (C=O) groups is 1. The van der Waals surface area contributed by atoms with Crippen molar-refractivity contribution in [2.24, 2.45) is 16.3 Å². The van der Waals surface area contributed by atoms with Crippen molar-refractivity contribution in [1.82, 2.24) is 30.7 Å². The third-order valence-corrected chi connectivity index (χ3v) is 8.89. The molecular weight excluding hydrogens is 518 g/mol. The summed E-state index contributed by atoms with van der Waals surface area (Å²) in [5.74, 6) is -0.165. The Morgan fingerprint density at radius 1 is 1.25 bits per heavy atom. The number of benzene rings is 1. The number of aliphatic hydroxyl groups excluding tert-OH is 1. The molecule has 2 fully saturated rings. The second-order valence-corrected chi connectivity index (χ2v) is 12.0. The molecule has 8 N–H and O–H groups in total. The van der Waals surface area contributed by atoms with E-state index in [2.05, 4.69) is 30.7 Å². The second kappa shape index (κ2) is 9.87. The molecule has 4 rings (SSSR count). The number of aliphatic hydroxyl groups is 1. The van der Waals surface area contributed by atoms with Gasteiger partial charge in [0.25, 0.3) is 0 Å². The highest BCUT2D eigenvalue weighted by Gasteiger charge is 2.41. The van der Waals surface area contributed by atoms with Crippen LogP contribution in [0.25, 0.3) is 11.4 Å². The van der Waals surface area contributed by atoms with Crippen LogP contribution in [0.3, 0.4) is 0 Å². The molecule has 1 amide bonds. The van der Waals surface area contributed by atoms with Crippen LogP contribution in [-0.2, 0) is 24.8 Å². The number of hydrogen-bond acceptors (Lipinski definition) is 12. The van der Waals surface area contributed by atoms with E-state index < -0.39 is 48.6 Å². The average molecular weight is 546 g/mol. The van der Waals surface area contributed by atoms with E-state index in [-0.39, 0.29) is 30.0 Å². The molecule has 3 heterocycles. The Hall–Kier alpha value is -2.90. The lowest BCUT2D eigenvalue weighted by atomic mass is 9.78. The van der Waals surface area contributed by atoms with E-state index in [1.165, 1.54) is 6.07 Å². The highest BCUT2D eigenvalue weighted by Crippen LogP contribution is 2.41. The largest absolute Gasteiger partial charge is 0.449 e. The van der Waals surface area contributed by atoms with Gasteiger partial charge in [-0.2, -0.15) is 5.21 Å². The molecule has 0 bridgehead atoms. The Kier molecular flexibility index (Phi) is 7.17. The van der Waals surface area contributed by atoms with Crippen LogP contribution in [0.2, 0.25) is 0 Å². The molecule has 16 nitrogen and oxygen atoms in total. The lowest BCUT2D eigenvalue weighted by molar-refractivity contribution is 0.0352. The van der Waals surface area contributed by atoms with Crippen LogP contribution in [0, 0.1) is 5.41 Å². The van der Waals surface area contributed by atoms with Crippen molar-refractivity contribution in [3.63, 3.8) is 0 Å². The van der Waals surface area contributed by atoms with Crippen LogP contribution < -0.4 is 25.8 Å². The number of aromatic nitrogens is 4. The average Bonchev–Trinajstić information content (AvgIpc) is 3.38. The van der Waals surface area contributed by atoms with Gasteiger partial charge in [0, 0.05) is 43.8 Å². The number of rotatable bonds is 8. The zero-order valence-corrected chi connectivity index (χ0v) is 20.7. The number of carbonyl (C=O) groups excluding carboxylic acids is 1. The maximum Gasteiger partial charge on any atom is 0.407 e. The molecule has 2 aromatic rings. The van der Waals surface area contributed by atoms with E-state index in [0.29, 0.717) is 38.2 Å². The second-order valence-electron chi connectivity index (χ2n) is 8.73. The number of H-pyrrole nitrogens is 1. The van der Waals surface area contributed by atoms with Crippen LogP contribution in [0.15, 0.2) is 21.9 Å². The number of alkyl carbamates (subject to hydrolysis) is 1. The third-order valence-electron chi connectivity index (χ3n) is 6.31. The first-order valence-electron chi connectivity index (χ1n) is 10.9. The summed E-state index contributed by atoms with van der Waals surface area (Å²) >= 11 is 0. The minimum atomic E-state index is -4.63. The Morgan fingerprint density at radius 3 is 2.53 bits per heavy atom.